The van der Waals surface area contributed by atoms with Crippen LogP contribution in [0, 0.1) is 12.7 Å². The maximum Gasteiger partial charge on any atom is 0.272 e. The monoisotopic (exact) mass is 430 g/mol. The Kier molecular flexibility index (Phi) is 4.85. The predicted octanol–water partition coefficient (Wildman–Crippen LogP) is 3.65. The van der Waals surface area contributed by atoms with Gasteiger partial charge in [-0.1, -0.05) is 18.2 Å². The summed E-state index contributed by atoms with van der Waals surface area (Å²) in [5.41, 5.74) is 3.28. The molecule has 3 heterocycles. The van der Waals surface area contributed by atoms with Crippen molar-refractivity contribution in [2.45, 2.75) is 19.3 Å². The Morgan fingerprint density at radius 2 is 1.94 bits per heavy atom. The Bertz CT molecular complexity index is 1320. The number of hydrogen-bond acceptors (Lipinski definition) is 6. The van der Waals surface area contributed by atoms with Gasteiger partial charge in [-0.25, -0.2) is 9.37 Å². The number of rotatable bonds is 4. The summed E-state index contributed by atoms with van der Waals surface area (Å²) in [7, 11) is 1.60. The summed E-state index contributed by atoms with van der Waals surface area (Å²) in [6, 6.07) is 13.9. The van der Waals surface area contributed by atoms with Crippen molar-refractivity contribution in [2.24, 2.45) is 0 Å². The molecule has 1 aliphatic heterocycles. The van der Waals surface area contributed by atoms with Gasteiger partial charge in [0.05, 0.1) is 24.7 Å². The number of benzene rings is 2. The van der Waals surface area contributed by atoms with Crippen molar-refractivity contribution in [1.29, 1.82) is 0 Å². The fourth-order valence-electron chi connectivity index (χ4n) is 4.00. The molecule has 2 aromatic carbocycles. The second-order valence-electron chi connectivity index (χ2n) is 7.46. The molecular weight excluding hydrogens is 411 g/mol. The number of ether oxygens (including phenoxy) is 1. The van der Waals surface area contributed by atoms with Crippen LogP contribution in [-0.4, -0.2) is 38.0 Å². The lowest BCUT2D eigenvalue weighted by Crippen LogP contribution is -2.25. The molecule has 32 heavy (non-hydrogen) atoms. The summed E-state index contributed by atoms with van der Waals surface area (Å²) in [6.45, 7) is 1.82. The average molecular weight is 430 g/mol. The highest BCUT2D eigenvalue weighted by Gasteiger charge is 2.34. The molecular formula is C23H19FN6O2. The number of fused-ring (bicyclic) bond motifs is 1. The zero-order chi connectivity index (χ0) is 22.2. The first kappa shape index (κ1) is 19.8. The zero-order valence-corrected chi connectivity index (χ0v) is 17.4. The minimum Gasteiger partial charge on any atom is -0.497 e. The van der Waals surface area contributed by atoms with E-state index in [1.807, 2.05) is 31.2 Å². The van der Waals surface area contributed by atoms with Crippen LogP contribution >= 0.6 is 0 Å². The largest absolute Gasteiger partial charge is 0.497 e. The van der Waals surface area contributed by atoms with Crippen LogP contribution in [0.5, 0.6) is 5.75 Å². The number of nitrogens with zero attached hydrogens (tertiary/aromatic N) is 5. The minimum atomic E-state index is -0.452. The standard InChI is InChI=1S/C23H19FN6O2/c1-13-21-17(16-5-3-4-6-18(16)24)11-20(31)27-22(21)30(29-13)23-26-19(12-25-28-23)14-7-9-15(32-2)10-8-14/h3-10,12,17H,11H2,1-2H3,(H,27,31)/t17-/m1/s1. The Morgan fingerprint density at radius 1 is 1.16 bits per heavy atom. The summed E-state index contributed by atoms with van der Waals surface area (Å²) in [5.74, 6) is 0.329. The molecule has 0 unspecified atom stereocenters. The highest BCUT2D eigenvalue weighted by Crippen LogP contribution is 2.40. The quantitative estimate of drug-likeness (QED) is 0.531. The maximum atomic E-state index is 14.5. The molecule has 0 saturated heterocycles. The van der Waals surface area contributed by atoms with Gasteiger partial charge in [0.1, 0.15) is 17.4 Å². The van der Waals surface area contributed by atoms with E-state index in [0.29, 0.717) is 22.8 Å². The number of halogens is 1. The number of carbonyl (C=O) groups is 1. The summed E-state index contributed by atoms with van der Waals surface area (Å²) in [5, 5.41) is 15.6. The molecule has 0 radical (unpaired) electrons. The van der Waals surface area contributed by atoms with Crippen LogP contribution in [-0.2, 0) is 4.79 Å². The van der Waals surface area contributed by atoms with Gasteiger partial charge in [-0.2, -0.15) is 14.9 Å². The first-order valence-electron chi connectivity index (χ1n) is 10.0. The number of methoxy groups -OCH3 is 1. The van der Waals surface area contributed by atoms with Gasteiger partial charge in [-0.3, -0.25) is 4.79 Å². The van der Waals surface area contributed by atoms with E-state index in [-0.39, 0.29) is 24.1 Å². The second-order valence-corrected chi connectivity index (χ2v) is 7.46. The molecule has 2 aromatic heterocycles. The second kappa shape index (κ2) is 7.84. The number of hydrogen-bond donors (Lipinski definition) is 1. The highest BCUT2D eigenvalue weighted by atomic mass is 19.1. The van der Waals surface area contributed by atoms with Crippen LogP contribution in [0.1, 0.15) is 29.2 Å². The van der Waals surface area contributed by atoms with E-state index in [0.717, 1.165) is 16.9 Å². The molecule has 0 bridgehead atoms. The number of nitrogens with one attached hydrogen (secondary N) is 1. The van der Waals surface area contributed by atoms with Crippen LogP contribution in [0.3, 0.4) is 0 Å². The first-order chi connectivity index (χ1) is 15.5. The van der Waals surface area contributed by atoms with E-state index >= 15 is 0 Å². The van der Waals surface area contributed by atoms with Crippen molar-refractivity contribution < 1.29 is 13.9 Å². The lowest BCUT2D eigenvalue weighted by atomic mass is 9.85. The Balaban J connectivity index is 1.60. The molecule has 0 saturated carbocycles. The van der Waals surface area contributed by atoms with E-state index in [2.05, 4.69) is 25.6 Å². The molecule has 0 spiro atoms. The van der Waals surface area contributed by atoms with Gasteiger partial charge < -0.3 is 10.1 Å². The Morgan fingerprint density at radius 3 is 2.69 bits per heavy atom. The minimum absolute atomic E-state index is 0.130. The smallest absolute Gasteiger partial charge is 0.272 e. The van der Waals surface area contributed by atoms with Gasteiger partial charge in [-0.05, 0) is 42.8 Å². The SMILES string of the molecule is COc1ccc(-c2cnnc(-n3nc(C)c4c3NC(=O)C[C@@H]4c3ccccc3F)n2)cc1. The number of amides is 1. The van der Waals surface area contributed by atoms with E-state index in [1.165, 1.54) is 10.7 Å². The van der Waals surface area contributed by atoms with Crippen molar-refractivity contribution in [3.8, 4) is 23.0 Å². The number of anilines is 1. The van der Waals surface area contributed by atoms with Crippen LogP contribution in [0.4, 0.5) is 10.2 Å². The van der Waals surface area contributed by atoms with E-state index in [1.54, 1.807) is 31.5 Å². The molecule has 4 aromatic rings. The maximum absolute atomic E-state index is 14.5. The third-order valence-corrected chi connectivity index (χ3v) is 5.51. The van der Waals surface area contributed by atoms with Crippen molar-refractivity contribution in [1.82, 2.24) is 25.0 Å². The van der Waals surface area contributed by atoms with E-state index < -0.39 is 5.92 Å². The average Bonchev–Trinajstić information content (AvgIpc) is 3.15. The highest BCUT2D eigenvalue weighted by molar-refractivity contribution is 5.95. The molecule has 160 valence electrons. The van der Waals surface area contributed by atoms with Gasteiger partial charge in [0.25, 0.3) is 5.95 Å². The first-order valence-corrected chi connectivity index (χ1v) is 10.0. The van der Waals surface area contributed by atoms with Crippen molar-refractivity contribution >= 4 is 11.7 Å². The lowest BCUT2D eigenvalue weighted by molar-refractivity contribution is -0.116. The number of aromatic nitrogens is 5. The van der Waals surface area contributed by atoms with E-state index in [9.17, 15) is 9.18 Å². The van der Waals surface area contributed by atoms with Crippen molar-refractivity contribution in [3.05, 3.63) is 77.4 Å². The summed E-state index contributed by atoms with van der Waals surface area (Å²) < 4.78 is 21.2. The van der Waals surface area contributed by atoms with Gasteiger partial charge in [-0.15, -0.1) is 5.10 Å². The van der Waals surface area contributed by atoms with Crippen LogP contribution in [0.2, 0.25) is 0 Å². The van der Waals surface area contributed by atoms with Gasteiger partial charge >= 0.3 is 0 Å². The Labute approximate surface area is 183 Å². The molecule has 1 atom stereocenters. The van der Waals surface area contributed by atoms with Crippen LogP contribution in [0.25, 0.3) is 17.2 Å². The molecule has 5 rings (SSSR count). The summed E-state index contributed by atoms with van der Waals surface area (Å²) in [6.07, 6.45) is 1.68. The topological polar surface area (TPSA) is 94.8 Å². The summed E-state index contributed by atoms with van der Waals surface area (Å²) >= 11 is 0. The number of aryl methyl sites for hydroxylation is 1. The normalized spacial score (nSPS) is 15.2. The third-order valence-electron chi connectivity index (χ3n) is 5.51. The molecule has 0 fully saturated rings. The number of carbonyl (C=O) groups excluding carboxylic acids is 1. The molecule has 0 aliphatic carbocycles. The molecule has 8 nitrogen and oxygen atoms in total. The fourth-order valence-corrected chi connectivity index (χ4v) is 4.00. The van der Waals surface area contributed by atoms with Crippen molar-refractivity contribution in [3.63, 3.8) is 0 Å². The predicted molar refractivity (Wildman–Crippen MR) is 115 cm³/mol. The molecule has 1 aliphatic rings. The van der Waals surface area contributed by atoms with Crippen LogP contribution < -0.4 is 10.1 Å². The molecule has 1 N–H and O–H groups in total. The molecule has 1 amide bonds. The van der Waals surface area contributed by atoms with Gasteiger partial charge in [0.2, 0.25) is 5.91 Å². The zero-order valence-electron chi connectivity index (χ0n) is 17.4. The van der Waals surface area contributed by atoms with Crippen molar-refractivity contribution in [2.75, 3.05) is 12.4 Å². The fraction of sp³-hybridized carbons (Fsp3) is 0.174. The Hall–Kier alpha value is -4.14. The third kappa shape index (κ3) is 3.37. The summed E-state index contributed by atoms with van der Waals surface area (Å²) in [4.78, 5) is 17.1. The van der Waals surface area contributed by atoms with E-state index in [4.69, 9.17) is 4.74 Å². The van der Waals surface area contributed by atoms with Gasteiger partial charge in [0, 0.05) is 23.5 Å². The lowest BCUT2D eigenvalue weighted by Gasteiger charge is -2.24. The van der Waals surface area contributed by atoms with Gasteiger partial charge in [0.15, 0.2) is 0 Å². The molecule has 9 heteroatoms. The van der Waals surface area contributed by atoms with Crippen LogP contribution in [0.15, 0.2) is 54.7 Å².